The van der Waals surface area contributed by atoms with Crippen LogP contribution in [0.15, 0.2) is 0 Å². The van der Waals surface area contributed by atoms with Gasteiger partial charge >= 0.3 is 0 Å². The molecule has 0 aromatic carbocycles. The van der Waals surface area contributed by atoms with E-state index < -0.39 is 9.17 Å². The van der Waals surface area contributed by atoms with E-state index in [0.717, 1.165) is 0 Å². The van der Waals surface area contributed by atoms with Crippen LogP contribution in [0.5, 0.6) is 0 Å². The number of hydrogen-bond donors (Lipinski definition) is 0. The molecule has 44 valence electrons. The van der Waals surface area contributed by atoms with Crippen molar-refractivity contribution in [2.24, 2.45) is 0 Å². The largest absolute Gasteiger partial charge is 0.206 e. The van der Waals surface area contributed by atoms with Gasteiger partial charge in [-0.15, -0.1) is 11.6 Å². The fourth-order valence-electron chi connectivity index (χ4n) is 0. The van der Waals surface area contributed by atoms with Crippen molar-refractivity contribution in [3.63, 3.8) is 0 Å². The highest BCUT2D eigenvalue weighted by Gasteiger charge is 2.25. The van der Waals surface area contributed by atoms with E-state index >= 15 is 0 Å². The highest BCUT2D eigenvalue weighted by molar-refractivity contribution is 6.70. The minimum Gasteiger partial charge on any atom is -0.119 e. The van der Waals surface area contributed by atoms with Gasteiger partial charge in [-0.25, -0.2) is 0 Å². The Hall–Kier alpha value is 1.16. The average Bonchev–Trinajstić information content (AvgIpc) is 1.31. The monoisotopic (exact) mass is 180 g/mol. The van der Waals surface area contributed by atoms with Crippen LogP contribution in [0, 0.1) is 0 Å². The van der Waals surface area contributed by atoms with Crippen LogP contribution in [0.1, 0.15) is 6.92 Å². The summed E-state index contributed by atoms with van der Waals surface area (Å²) in [5.41, 5.74) is 0. The fraction of sp³-hybridized carbons (Fsp3) is 1.00. The Bertz CT molecular complexity index is 52.4. The standard InChI is InChI=1S/C3H4Cl4/c1-2(4)3(5,6)7/h2H,1H3. The second-order valence-corrected chi connectivity index (χ2v) is 4.18. The van der Waals surface area contributed by atoms with Crippen molar-refractivity contribution < 1.29 is 0 Å². The molecule has 0 saturated carbocycles. The van der Waals surface area contributed by atoms with E-state index in [1.165, 1.54) is 0 Å². The molecule has 0 spiro atoms. The van der Waals surface area contributed by atoms with Crippen LogP contribution < -0.4 is 0 Å². The van der Waals surface area contributed by atoms with Crippen molar-refractivity contribution in [2.45, 2.75) is 16.1 Å². The number of alkyl halides is 4. The lowest BCUT2D eigenvalue weighted by atomic mass is 10.5. The molecule has 4 heteroatoms. The van der Waals surface area contributed by atoms with Gasteiger partial charge < -0.3 is 0 Å². The van der Waals surface area contributed by atoms with Crippen molar-refractivity contribution >= 4 is 46.4 Å². The molecule has 0 rings (SSSR count). The molecule has 7 heavy (non-hydrogen) atoms. The van der Waals surface area contributed by atoms with Crippen LogP contribution in [0.4, 0.5) is 0 Å². The lowest BCUT2D eigenvalue weighted by Gasteiger charge is -2.11. The Morgan fingerprint density at radius 1 is 1.29 bits per heavy atom. The molecule has 0 nitrogen and oxygen atoms in total. The molecule has 0 aromatic rings. The Balaban J connectivity index is 3.54. The SMILES string of the molecule is CC(Cl)C(Cl)(Cl)Cl. The molecular weight excluding hydrogens is 178 g/mol. The van der Waals surface area contributed by atoms with Crippen LogP contribution in [0.2, 0.25) is 0 Å². The molecule has 0 aliphatic heterocycles. The van der Waals surface area contributed by atoms with Crippen molar-refractivity contribution in [1.29, 1.82) is 0 Å². The molecular formula is C3H4Cl4. The Morgan fingerprint density at radius 2 is 1.43 bits per heavy atom. The summed E-state index contributed by atoms with van der Waals surface area (Å²) in [6.07, 6.45) is 0. The summed E-state index contributed by atoms with van der Waals surface area (Å²) in [5, 5.41) is -0.433. The zero-order chi connectivity index (χ0) is 6.08. The third-order valence-electron chi connectivity index (χ3n) is 0.451. The van der Waals surface area contributed by atoms with Gasteiger partial charge in [-0.2, -0.15) is 0 Å². The summed E-state index contributed by atoms with van der Waals surface area (Å²) < 4.78 is -1.32. The maximum absolute atomic E-state index is 5.36. The fourth-order valence-corrected chi connectivity index (χ4v) is 0. The minimum atomic E-state index is -1.32. The van der Waals surface area contributed by atoms with E-state index in [1.54, 1.807) is 6.92 Å². The molecule has 1 unspecified atom stereocenters. The topological polar surface area (TPSA) is 0 Å². The zero-order valence-electron chi connectivity index (χ0n) is 3.59. The molecule has 1 atom stereocenters. The predicted molar refractivity (Wildman–Crippen MR) is 35.6 cm³/mol. The smallest absolute Gasteiger partial charge is 0.119 e. The van der Waals surface area contributed by atoms with Gasteiger partial charge in [0.2, 0.25) is 3.79 Å². The lowest BCUT2D eigenvalue weighted by Crippen LogP contribution is -2.14. The molecule has 0 N–H and O–H groups in total. The van der Waals surface area contributed by atoms with Gasteiger partial charge in [-0.3, -0.25) is 0 Å². The summed E-state index contributed by atoms with van der Waals surface area (Å²) in [5.74, 6) is 0. The quantitative estimate of drug-likeness (QED) is 0.505. The molecule has 0 fully saturated rings. The molecule has 0 radical (unpaired) electrons. The first-order chi connectivity index (χ1) is 2.94. The molecule has 0 aromatic heterocycles. The third kappa shape index (κ3) is 3.72. The number of hydrogen-bond acceptors (Lipinski definition) is 0. The first-order valence-electron chi connectivity index (χ1n) is 1.65. The van der Waals surface area contributed by atoms with E-state index in [9.17, 15) is 0 Å². The first-order valence-corrected chi connectivity index (χ1v) is 3.22. The van der Waals surface area contributed by atoms with Crippen LogP contribution in [0.25, 0.3) is 0 Å². The predicted octanol–water partition coefficient (Wildman–Crippen LogP) is 2.98. The van der Waals surface area contributed by atoms with Crippen LogP contribution in [-0.4, -0.2) is 9.17 Å². The average molecular weight is 182 g/mol. The van der Waals surface area contributed by atoms with Gasteiger partial charge in [0.25, 0.3) is 0 Å². The molecule has 0 bridgehead atoms. The molecule has 0 saturated heterocycles. The van der Waals surface area contributed by atoms with E-state index in [4.69, 9.17) is 46.4 Å². The van der Waals surface area contributed by atoms with Gasteiger partial charge in [0.15, 0.2) is 0 Å². The van der Waals surface area contributed by atoms with Gasteiger partial charge in [0.1, 0.15) is 0 Å². The lowest BCUT2D eigenvalue weighted by molar-refractivity contribution is 0.984. The highest BCUT2D eigenvalue weighted by atomic mass is 35.6. The summed E-state index contributed by atoms with van der Waals surface area (Å²) in [6, 6.07) is 0. The molecule has 0 amide bonds. The van der Waals surface area contributed by atoms with Crippen LogP contribution in [-0.2, 0) is 0 Å². The van der Waals surface area contributed by atoms with Gasteiger partial charge in [0.05, 0.1) is 5.38 Å². The summed E-state index contributed by atoms with van der Waals surface area (Å²) in [6.45, 7) is 1.62. The van der Waals surface area contributed by atoms with E-state index in [1.807, 2.05) is 0 Å². The maximum Gasteiger partial charge on any atom is 0.206 e. The first kappa shape index (κ1) is 8.16. The molecule has 0 heterocycles. The summed E-state index contributed by atoms with van der Waals surface area (Å²) in [7, 11) is 0. The van der Waals surface area contributed by atoms with E-state index in [-0.39, 0.29) is 0 Å². The highest BCUT2D eigenvalue weighted by Crippen LogP contribution is 2.32. The molecule has 0 aliphatic rings. The normalized spacial score (nSPS) is 16.7. The van der Waals surface area contributed by atoms with Crippen LogP contribution in [0.3, 0.4) is 0 Å². The van der Waals surface area contributed by atoms with Gasteiger partial charge in [0, 0.05) is 0 Å². The Labute approximate surface area is 62.7 Å². The second kappa shape index (κ2) is 2.63. The van der Waals surface area contributed by atoms with E-state index in [0.29, 0.717) is 0 Å². The van der Waals surface area contributed by atoms with Crippen LogP contribution >= 0.6 is 46.4 Å². The molecule has 0 aliphatic carbocycles. The van der Waals surface area contributed by atoms with Crippen molar-refractivity contribution in [3.05, 3.63) is 0 Å². The van der Waals surface area contributed by atoms with E-state index in [2.05, 4.69) is 0 Å². The van der Waals surface area contributed by atoms with Crippen molar-refractivity contribution in [3.8, 4) is 0 Å². The third-order valence-corrected chi connectivity index (χ3v) is 2.10. The van der Waals surface area contributed by atoms with Gasteiger partial charge in [-0.1, -0.05) is 34.8 Å². The summed E-state index contributed by atoms with van der Waals surface area (Å²) >= 11 is 21.2. The Kier molecular flexibility index (Phi) is 3.07. The van der Waals surface area contributed by atoms with Gasteiger partial charge in [-0.05, 0) is 6.92 Å². The minimum absolute atomic E-state index is 0.433. The maximum atomic E-state index is 5.36. The Morgan fingerprint density at radius 3 is 1.43 bits per heavy atom. The summed E-state index contributed by atoms with van der Waals surface area (Å²) in [4.78, 5) is 0. The second-order valence-electron chi connectivity index (χ2n) is 1.16. The van der Waals surface area contributed by atoms with Crippen molar-refractivity contribution in [2.75, 3.05) is 0 Å². The zero-order valence-corrected chi connectivity index (χ0v) is 6.61. The van der Waals surface area contributed by atoms with Crippen molar-refractivity contribution in [1.82, 2.24) is 0 Å². The number of halogens is 4. The number of rotatable bonds is 0.